The molecule has 0 unspecified atom stereocenters. The number of nitrogens with zero attached hydrogens (tertiary/aromatic N) is 2. The lowest BCUT2D eigenvalue weighted by atomic mass is 10.0. The Bertz CT molecular complexity index is 1090. The summed E-state index contributed by atoms with van der Waals surface area (Å²) in [7, 11) is 4.29. The quantitative estimate of drug-likeness (QED) is 0.722. The van der Waals surface area contributed by atoms with Crippen molar-refractivity contribution in [3.8, 4) is 11.1 Å². The summed E-state index contributed by atoms with van der Waals surface area (Å²) >= 11 is 0. The standard InChI is InChI=1S/C22H29N3O6/c1-13-17(18(26)25(6)21(29)24(13)5)15-10-8-14(9-11-15)12-16(19(27)30-7)23-20(28)31-22(2,3)4/h8-11,16H,12H2,1-7H3,(H,23,28)/t16-/m0/s1. The highest BCUT2D eigenvalue weighted by atomic mass is 16.6. The van der Waals surface area contributed by atoms with Crippen molar-refractivity contribution in [2.24, 2.45) is 14.1 Å². The van der Waals surface area contributed by atoms with Crippen molar-refractivity contribution >= 4 is 12.1 Å². The molecule has 0 bridgehead atoms. The van der Waals surface area contributed by atoms with Crippen LogP contribution in [0, 0.1) is 6.92 Å². The topological polar surface area (TPSA) is 109 Å². The predicted molar refractivity (Wildman–Crippen MR) is 116 cm³/mol. The van der Waals surface area contributed by atoms with E-state index in [1.807, 2.05) is 0 Å². The summed E-state index contributed by atoms with van der Waals surface area (Å²) < 4.78 is 12.5. The van der Waals surface area contributed by atoms with Gasteiger partial charge >= 0.3 is 17.8 Å². The second kappa shape index (κ2) is 9.20. The van der Waals surface area contributed by atoms with Gasteiger partial charge in [0.25, 0.3) is 5.56 Å². The summed E-state index contributed by atoms with van der Waals surface area (Å²) in [5.74, 6) is -0.599. The van der Waals surface area contributed by atoms with Crippen LogP contribution in [0.3, 0.4) is 0 Å². The first-order chi connectivity index (χ1) is 14.4. The van der Waals surface area contributed by atoms with Crippen molar-refractivity contribution in [3.05, 3.63) is 56.4 Å². The first-order valence-electron chi connectivity index (χ1n) is 9.79. The summed E-state index contributed by atoms with van der Waals surface area (Å²) in [6.07, 6.45) is -0.542. The largest absolute Gasteiger partial charge is 0.467 e. The van der Waals surface area contributed by atoms with Crippen molar-refractivity contribution in [2.45, 2.75) is 45.8 Å². The Morgan fingerprint density at radius 3 is 2.16 bits per heavy atom. The number of rotatable bonds is 5. The number of amides is 1. The molecule has 1 heterocycles. The molecule has 9 heteroatoms. The average Bonchev–Trinajstić information content (AvgIpc) is 2.69. The third-order valence-corrected chi connectivity index (χ3v) is 4.82. The van der Waals surface area contributed by atoms with E-state index in [1.165, 1.54) is 18.7 Å². The second-order valence-electron chi connectivity index (χ2n) is 8.29. The number of benzene rings is 1. The van der Waals surface area contributed by atoms with Crippen LogP contribution in [0.15, 0.2) is 33.9 Å². The van der Waals surface area contributed by atoms with E-state index in [2.05, 4.69) is 5.32 Å². The number of aromatic nitrogens is 2. The lowest BCUT2D eigenvalue weighted by Crippen LogP contribution is -2.45. The first kappa shape index (κ1) is 23.9. The van der Waals surface area contributed by atoms with Gasteiger partial charge < -0.3 is 19.4 Å². The van der Waals surface area contributed by atoms with E-state index in [0.717, 1.165) is 10.1 Å². The van der Waals surface area contributed by atoms with Crippen LogP contribution in [0.2, 0.25) is 0 Å². The molecule has 0 fully saturated rings. The molecule has 1 amide bonds. The summed E-state index contributed by atoms with van der Waals surface area (Å²) in [5.41, 5.74) is 0.894. The van der Waals surface area contributed by atoms with Gasteiger partial charge in [0.1, 0.15) is 11.6 Å². The molecule has 2 rings (SSSR count). The molecule has 1 aromatic carbocycles. The molecule has 168 valence electrons. The van der Waals surface area contributed by atoms with Crippen LogP contribution in [0.1, 0.15) is 32.0 Å². The van der Waals surface area contributed by atoms with Crippen molar-refractivity contribution in [1.82, 2.24) is 14.5 Å². The number of hydrogen-bond acceptors (Lipinski definition) is 6. The van der Waals surface area contributed by atoms with Crippen molar-refractivity contribution in [3.63, 3.8) is 0 Å². The van der Waals surface area contributed by atoms with Gasteiger partial charge in [0.05, 0.1) is 12.7 Å². The summed E-state index contributed by atoms with van der Waals surface area (Å²) in [6, 6.07) is 6.06. The highest BCUT2D eigenvalue weighted by Crippen LogP contribution is 2.20. The van der Waals surface area contributed by atoms with Crippen molar-refractivity contribution in [2.75, 3.05) is 7.11 Å². The normalized spacial score (nSPS) is 12.2. The Morgan fingerprint density at radius 1 is 1.06 bits per heavy atom. The predicted octanol–water partition coefficient (Wildman–Crippen LogP) is 1.67. The lowest BCUT2D eigenvalue weighted by molar-refractivity contribution is -0.143. The summed E-state index contributed by atoms with van der Waals surface area (Å²) in [5, 5.41) is 2.53. The number of carbonyl (C=O) groups excluding carboxylic acids is 2. The zero-order valence-corrected chi connectivity index (χ0v) is 18.9. The number of carbonyl (C=O) groups is 2. The molecule has 0 radical (unpaired) electrons. The van der Waals surface area contributed by atoms with E-state index < -0.39 is 29.4 Å². The van der Waals surface area contributed by atoms with Crippen LogP contribution in [-0.2, 0) is 34.8 Å². The van der Waals surface area contributed by atoms with Gasteiger partial charge in [0.15, 0.2) is 0 Å². The number of alkyl carbamates (subject to hydrolysis) is 1. The lowest BCUT2D eigenvalue weighted by Gasteiger charge is -2.22. The van der Waals surface area contributed by atoms with Crippen LogP contribution in [0.4, 0.5) is 4.79 Å². The number of methoxy groups -OCH3 is 1. The van der Waals surface area contributed by atoms with E-state index in [4.69, 9.17) is 9.47 Å². The van der Waals surface area contributed by atoms with Crippen LogP contribution in [-0.4, -0.2) is 39.9 Å². The van der Waals surface area contributed by atoms with Gasteiger partial charge in [-0.3, -0.25) is 9.36 Å². The molecule has 31 heavy (non-hydrogen) atoms. The van der Waals surface area contributed by atoms with Gasteiger partial charge in [0.2, 0.25) is 0 Å². The number of nitrogens with one attached hydrogen (secondary N) is 1. The van der Waals surface area contributed by atoms with Gasteiger partial charge in [-0.25, -0.2) is 14.4 Å². The van der Waals surface area contributed by atoms with Gasteiger partial charge in [-0.05, 0) is 38.8 Å². The highest BCUT2D eigenvalue weighted by Gasteiger charge is 2.25. The maximum Gasteiger partial charge on any atom is 0.408 e. The first-order valence-corrected chi connectivity index (χ1v) is 9.79. The minimum absolute atomic E-state index is 0.177. The molecular formula is C22H29N3O6. The van der Waals surface area contributed by atoms with Crippen LogP contribution in [0.5, 0.6) is 0 Å². The number of hydrogen-bond donors (Lipinski definition) is 1. The fourth-order valence-corrected chi connectivity index (χ4v) is 3.11. The van der Waals surface area contributed by atoms with Crippen LogP contribution < -0.4 is 16.6 Å². The maximum atomic E-state index is 12.6. The Morgan fingerprint density at radius 2 is 1.65 bits per heavy atom. The van der Waals surface area contributed by atoms with Crippen LogP contribution in [0.25, 0.3) is 11.1 Å². The molecule has 0 saturated carbocycles. The Balaban J connectivity index is 2.30. The highest BCUT2D eigenvalue weighted by molar-refractivity contribution is 5.81. The van der Waals surface area contributed by atoms with E-state index in [-0.39, 0.29) is 12.0 Å². The third kappa shape index (κ3) is 5.62. The summed E-state index contributed by atoms with van der Waals surface area (Å²) in [4.78, 5) is 48.9. The fourth-order valence-electron chi connectivity index (χ4n) is 3.11. The molecule has 9 nitrogen and oxygen atoms in total. The average molecular weight is 431 g/mol. The van der Waals surface area contributed by atoms with Crippen molar-refractivity contribution in [1.29, 1.82) is 0 Å². The molecule has 0 saturated heterocycles. The van der Waals surface area contributed by atoms with E-state index >= 15 is 0 Å². The van der Waals surface area contributed by atoms with E-state index in [9.17, 15) is 19.2 Å². The van der Waals surface area contributed by atoms with E-state index in [1.54, 1.807) is 59.0 Å². The zero-order chi connectivity index (χ0) is 23.5. The Labute approximate surface area is 180 Å². The smallest absolute Gasteiger partial charge is 0.408 e. The molecule has 0 spiro atoms. The van der Waals surface area contributed by atoms with E-state index in [0.29, 0.717) is 16.8 Å². The molecule has 1 aromatic heterocycles. The molecular weight excluding hydrogens is 402 g/mol. The molecule has 0 aliphatic rings. The maximum absolute atomic E-state index is 12.6. The number of esters is 1. The van der Waals surface area contributed by atoms with Gasteiger partial charge in [0, 0.05) is 26.2 Å². The third-order valence-electron chi connectivity index (χ3n) is 4.82. The van der Waals surface area contributed by atoms with Gasteiger partial charge in [-0.15, -0.1) is 0 Å². The fraction of sp³-hybridized carbons (Fsp3) is 0.455. The molecule has 0 aliphatic heterocycles. The molecule has 2 aromatic rings. The van der Waals surface area contributed by atoms with Crippen molar-refractivity contribution < 1.29 is 19.1 Å². The summed E-state index contributed by atoms with van der Waals surface area (Å²) in [6.45, 7) is 6.89. The van der Waals surface area contributed by atoms with Gasteiger partial charge in [-0.1, -0.05) is 24.3 Å². The monoisotopic (exact) mass is 431 g/mol. The van der Waals surface area contributed by atoms with Gasteiger partial charge in [-0.2, -0.15) is 0 Å². The molecule has 1 atom stereocenters. The molecule has 0 aliphatic carbocycles. The minimum Gasteiger partial charge on any atom is -0.467 e. The number of ether oxygens (including phenoxy) is 2. The Kier molecular flexibility index (Phi) is 7.09. The Hall–Kier alpha value is -3.36. The molecule has 1 N–H and O–H groups in total. The second-order valence-corrected chi connectivity index (χ2v) is 8.29. The zero-order valence-electron chi connectivity index (χ0n) is 18.9. The van der Waals surface area contributed by atoms with Crippen LogP contribution >= 0.6 is 0 Å². The minimum atomic E-state index is -0.933. The SMILES string of the molecule is COC(=O)[C@H](Cc1ccc(-c2c(C)n(C)c(=O)n(C)c2=O)cc1)NC(=O)OC(C)(C)C.